The standard InChI is InChI=1S/C14H12F2N4/c15-11-7(5-17)13-14(8(6-18)12(11)16)20-10-4-2-1-3-9(10)19-13/h9-10,19-20H,1-4H2. The second kappa shape index (κ2) is 4.64. The van der Waals surface area contributed by atoms with Crippen molar-refractivity contribution in [1.29, 1.82) is 10.5 Å². The first kappa shape index (κ1) is 12.7. The number of hydrogen-bond donors (Lipinski definition) is 2. The average Bonchev–Trinajstić information content (AvgIpc) is 2.47. The Hall–Kier alpha value is -2.34. The van der Waals surface area contributed by atoms with Crippen LogP contribution in [0.5, 0.6) is 0 Å². The highest BCUT2D eigenvalue weighted by atomic mass is 19.2. The Labute approximate surface area is 115 Å². The smallest absolute Gasteiger partial charge is 0.180 e. The van der Waals surface area contributed by atoms with E-state index in [9.17, 15) is 8.78 Å². The molecule has 20 heavy (non-hydrogen) atoms. The molecule has 1 fully saturated rings. The van der Waals surface area contributed by atoms with E-state index in [0.29, 0.717) is 0 Å². The Balaban J connectivity index is 2.20. The van der Waals surface area contributed by atoms with Crippen molar-refractivity contribution < 1.29 is 8.78 Å². The van der Waals surface area contributed by atoms with Gasteiger partial charge in [-0.1, -0.05) is 12.8 Å². The van der Waals surface area contributed by atoms with E-state index in [1.54, 1.807) is 12.1 Å². The zero-order valence-electron chi connectivity index (χ0n) is 10.6. The van der Waals surface area contributed by atoms with Gasteiger partial charge in [0.2, 0.25) is 0 Å². The zero-order valence-corrected chi connectivity index (χ0v) is 10.6. The minimum Gasteiger partial charge on any atom is -0.377 e. The van der Waals surface area contributed by atoms with E-state index in [0.717, 1.165) is 25.7 Å². The summed E-state index contributed by atoms with van der Waals surface area (Å²) in [6.45, 7) is 0. The largest absolute Gasteiger partial charge is 0.377 e. The molecule has 1 aromatic rings. The third kappa shape index (κ3) is 1.69. The molecule has 2 unspecified atom stereocenters. The van der Waals surface area contributed by atoms with Crippen molar-refractivity contribution in [1.82, 2.24) is 0 Å². The van der Waals surface area contributed by atoms with Crippen molar-refractivity contribution in [2.75, 3.05) is 10.6 Å². The molecule has 0 radical (unpaired) electrons. The topological polar surface area (TPSA) is 71.6 Å². The average molecular weight is 274 g/mol. The molecule has 1 aromatic carbocycles. The Bertz CT molecular complexity index is 600. The lowest BCUT2D eigenvalue weighted by Gasteiger charge is -2.39. The van der Waals surface area contributed by atoms with Crippen molar-refractivity contribution in [3.63, 3.8) is 0 Å². The second-order valence-corrected chi connectivity index (χ2v) is 5.14. The highest BCUT2D eigenvalue weighted by Gasteiger charge is 2.35. The van der Waals surface area contributed by atoms with Gasteiger partial charge in [-0.05, 0) is 12.8 Å². The first-order valence-electron chi connectivity index (χ1n) is 6.55. The fourth-order valence-corrected chi connectivity index (χ4v) is 3.03. The molecule has 0 saturated heterocycles. The van der Waals surface area contributed by atoms with Crippen LogP contribution >= 0.6 is 0 Å². The Morgan fingerprint density at radius 3 is 1.60 bits per heavy atom. The van der Waals surface area contributed by atoms with Gasteiger partial charge in [0.25, 0.3) is 0 Å². The number of fused-ring (bicyclic) bond motifs is 2. The summed E-state index contributed by atoms with van der Waals surface area (Å²) < 4.78 is 27.7. The lowest BCUT2D eigenvalue weighted by atomic mass is 9.87. The van der Waals surface area contributed by atoms with E-state index in [2.05, 4.69) is 10.6 Å². The second-order valence-electron chi connectivity index (χ2n) is 5.14. The van der Waals surface area contributed by atoms with Gasteiger partial charge in [-0.25, -0.2) is 8.78 Å². The number of anilines is 2. The SMILES string of the molecule is N#Cc1c(F)c(F)c(C#N)c2c1NC1CCCCC1N2. The molecule has 2 aliphatic rings. The van der Waals surface area contributed by atoms with Gasteiger partial charge in [0.15, 0.2) is 11.6 Å². The minimum absolute atomic E-state index is 0.0831. The summed E-state index contributed by atoms with van der Waals surface area (Å²) in [4.78, 5) is 0. The summed E-state index contributed by atoms with van der Waals surface area (Å²) in [7, 11) is 0. The first-order valence-corrected chi connectivity index (χ1v) is 6.55. The Morgan fingerprint density at radius 2 is 1.25 bits per heavy atom. The van der Waals surface area contributed by atoms with Crippen LogP contribution in [-0.4, -0.2) is 12.1 Å². The van der Waals surface area contributed by atoms with Crippen LogP contribution in [0.15, 0.2) is 0 Å². The highest BCUT2D eigenvalue weighted by Crippen LogP contribution is 2.40. The predicted octanol–water partition coefficient (Wildman–Crippen LogP) is 2.86. The molecule has 0 spiro atoms. The number of hydrogen-bond acceptors (Lipinski definition) is 4. The van der Waals surface area contributed by atoms with Gasteiger partial charge >= 0.3 is 0 Å². The molecule has 2 N–H and O–H groups in total. The van der Waals surface area contributed by atoms with Crippen molar-refractivity contribution >= 4 is 11.4 Å². The van der Waals surface area contributed by atoms with E-state index < -0.39 is 11.6 Å². The Morgan fingerprint density at radius 1 is 0.850 bits per heavy atom. The highest BCUT2D eigenvalue weighted by molar-refractivity contribution is 5.83. The third-order valence-corrected chi connectivity index (χ3v) is 4.03. The fourth-order valence-electron chi connectivity index (χ4n) is 3.03. The maximum atomic E-state index is 13.8. The van der Waals surface area contributed by atoms with Gasteiger partial charge in [0.1, 0.15) is 23.3 Å². The molecule has 0 bridgehead atoms. The molecule has 1 saturated carbocycles. The van der Waals surface area contributed by atoms with Crippen LogP contribution < -0.4 is 10.6 Å². The molecule has 102 valence electrons. The fraction of sp³-hybridized carbons (Fsp3) is 0.429. The number of nitriles is 2. The van der Waals surface area contributed by atoms with Crippen LogP contribution in [0.1, 0.15) is 36.8 Å². The zero-order chi connectivity index (χ0) is 14.3. The maximum Gasteiger partial charge on any atom is 0.180 e. The summed E-state index contributed by atoms with van der Waals surface area (Å²) in [5, 5.41) is 24.3. The van der Waals surface area contributed by atoms with Crippen LogP contribution in [-0.2, 0) is 0 Å². The molecule has 3 rings (SSSR count). The molecule has 4 nitrogen and oxygen atoms in total. The molecule has 1 aliphatic heterocycles. The predicted molar refractivity (Wildman–Crippen MR) is 69.1 cm³/mol. The van der Waals surface area contributed by atoms with Crippen LogP contribution in [0.25, 0.3) is 0 Å². The van der Waals surface area contributed by atoms with Gasteiger partial charge in [0.05, 0.1) is 11.4 Å². The van der Waals surface area contributed by atoms with E-state index in [1.165, 1.54) is 0 Å². The molecule has 2 atom stereocenters. The lowest BCUT2D eigenvalue weighted by molar-refractivity contribution is 0.416. The maximum absolute atomic E-state index is 13.8. The molecular formula is C14H12F2N4. The monoisotopic (exact) mass is 274 g/mol. The van der Waals surface area contributed by atoms with Gasteiger partial charge in [-0.15, -0.1) is 0 Å². The quantitative estimate of drug-likeness (QED) is 0.763. The third-order valence-electron chi connectivity index (χ3n) is 4.03. The van der Waals surface area contributed by atoms with Crippen molar-refractivity contribution in [3.8, 4) is 12.1 Å². The molecule has 1 heterocycles. The van der Waals surface area contributed by atoms with E-state index in [1.807, 2.05) is 0 Å². The van der Waals surface area contributed by atoms with Gasteiger partial charge in [0, 0.05) is 12.1 Å². The van der Waals surface area contributed by atoms with E-state index in [-0.39, 0.29) is 34.6 Å². The summed E-state index contributed by atoms with van der Waals surface area (Å²) in [5.41, 5.74) is -0.307. The van der Waals surface area contributed by atoms with Gasteiger partial charge < -0.3 is 10.6 Å². The summed E-state index contributed by atoms with van der Waals surface area (Å²) in [6.07, 6.45) is 3.93. The summed E-state index contributed by atoms with van der Waals surface area (Å²) >= 11 is 0. The Kier molecular flexibility index (Phi) is 2.94. The lowest BCUT2D eigenvalue weighted by Crippen LogP contribution is -2.45. The normalized spacial score (nSPS) is 23.4. The van der Waals surface area contributed by atoms with Crippen molar-refractivity contribution in [3.05, 3.63) is 22.8 Å². The number of nitrogens with one attached hydrogen (secondary N) is 2. The molecule has 0 amide bonds. The molecule has 6 heteroatoms. The number of nitrogens with zero attached hydrogens (tertiary/aromatic N) is 2. The first-order chi connectivity index (χ1) is 9.67. The molecule has 1 aliphatic carbocycles. The van der Waals surface area contributed by atoms with E-state index >= 15 is 0 Å². The summed E-state index contributed by atoms with van der Waals surface area (Å²) in [5.74, 6) is -2.52. The van der Waals surface area contributed by atoms with Crippen molar-refractivity contribution in [2.24, 2.45) is 0 Å². The van der Waals surface area contributed by atoms with E-state index in [4.69, 9.17) is 10.5 Å². The number of benzene rings is 1. The van der Waals surface area contributed by atoms with Crippen LogP contribution in [0.3, 0.4) is 0 Å². The van der Waals surface area contributed by atoms with Crippen LogP contribution in [0.2, 0.25) is 0 Å². The molecular weight excluding hydrogens is 262 g/mol. The van der Waals surface area contributed by atoms with Gasteiger partial charge in [-0.2, -0.15) is 10.5 Å². The van der Waals surface area contributed by atoms with Crippen LogP contribution in [0, 0.1) is 34.3 Å². The van der Waals surface area contributed by atoms with Crippen LogP contribution in [0.4, 0.5) is 20.2 Å². The van der Waals surface area contributed by atoms with Crippen molar-refractivity contribution in [2.45, 2.75) is 37.8 Å². The number of halogens is 2. The minimum atomic E-state index is -1.26. The molecule has 0 aromatic heterocycles. The summed E-state index contributed by atoms with van der Waals surface area (Å²) in [6, 6.07) is 3.53. The number of rotatable bonds is 0. The van der Waals surface area contributed by atoms with Gasteiger partial charge in [-0.3, -0.25) is 0 Å².